The first-order chi connectivity index (χ1) is 19.7. The van der Waals surface area contributed by atoms with Gasteiger partial charge in [0.2, 0.25) is 0 Å². The summed E-state index contributed by atoms with van der Waals surface area (Å²) in [7, 11) is 0. The van der Waals surface area contributed by atoms with E-state index in [0.29, 0.717) is 5.56 Å². The van der Waals surface area contributed by atoms with Gasteiger partial charge in [-0.1, -0.05) is 79.2 Å². The van der Waals surface area contributed by atoms with E-state index >= 15 is 0 Å². The second kappa shape index (κ2) is 8.97. The highest BCUT2D eigenvalue weighted by atomic mass is 15.1. The molecule has 0 amide bonds. The second-order valence-corrected chi connectivity index (χ2v) is 11.7. The summed E-state index contributed by atoms with van der Waals surface area (Å²) in [5.74, 6) is 1.57. The van der Waals surface area contributed by atoms with Gasteiger partial charge in [0.15, 0.2) is 0 Å². The second-order valence-electron chi connectivity index (χ2n) is 11.7. The van der Waals surface area contributed by atoms with Crippen LogP contribution in [0.3, 0.4) is 0 Å². The van der Waals surface area contributed by atoms with Gasteiger partial charge in [0.1, 0.15) is 0 Å². The third-order valence-electron chi connectivity index (χ3n) is 9.78. The smallest absolute Gasteiger partial charge is 0.0991 e. The summed E-state index contributed by atoms with van der Waals surface area (Å²) in [6, 6.07) is 45.9. The van der Waals surface area contributed by atoms with Gasteiger partial charge in [0.25, 0.3) is 0 Å². The zero-order valence-corrected chi connectivity index (χ0v) is 22.4. The Morgan fingerprint density at radius 3 is 1.98 bits per heavy atom. The number of anilines is 3. The fourth-order valence-corrected chi connectivity index (χ4v) is 8.08. The fourth-order valence-electron chi connectivity index (χ4n) is 8.08. The molecular weight excluding hydrogens is 484 g/mol. The number of hydrogen-bond acceptors (Lipinski definition) is 2. The monoisotopic (exact) mass is 514 g/mol. The zero-order valence-electron chi connectivity index (χ0n) is 22.4. The summed E-state index contributed by atoms with van der Waals surface area (Å²) < 4.78 is 0. The Labute approximate surface area is 236 Å². The van der Waals surface area contributed by atoms with Crippen molar-refractivity contribution in [3.8, 4) is 28.3 Å². The minimum absolute atomic E-state index is 0.137. The SMILES string of the molecule is N#Cc1ccc(N(c2ccc(-c3ccccc3)cc2)c2ccc3c(c2)C2(CC4CCC2C4)c2ccccc2-3)cc1. The first kappa shape index (κ1) is 23.3. The van der Waals surface area contributed by atoms with Gasteiger partial charge in [0, 0.05) is 22.5 Å². The maximum atomic E-state index is 9.44. The predicted molar refractivity (Wildman–Crippen MR) is 163 cm³/mol. The average Bonchev–Trinajstić information content (AvgIpc) is 3.72. The molecule has 5 aromatic carbocycles. The van der Waals surface area contributed by atoms with Crippen LogP contribution >= 0.6 is 0 Å². The van der Waals surface area contributed by atoms with Crippen LogP contribution in [0.15, 0.2) is 121 Å². The molecule has 3 aliphatic carbocycles. The van der Waals surface area contributed by atoms with Gasteiger partial charge < -0.3 is 4.90 Å². The lowest BCUT2D eigenvalue weighted by Gasteiger charge is -2.37. The number of rotatable bonds is 4. The van der Waals surface area contributed by atoms with Gasteiger partial charge in [-0.15, -0.1) is 0 Å². The van der Waals surface area contributed by atoms with Crippen molar-refractivity contribution in [3.63, 3.8) is 0 Å². The van der Waals surface area contributed by atoms with Crippen LogP contribution in [0.2, 0.25) is 0 Å². The third kappa shape index (κ3) is 3.41. The van der Waals surface area contributed by atoms with E-state index in [-0.39, 0.29) is 5.41 Å². The summed E-state index contributed by atoms with van der Waals surface area (Å²) >= 11 is 0. The quantitative estimate of drug-likeness (QED) is 0.239. The molecule has 8 rings (SSSR count). The average molecular weight is 515 g/mol. The molecular formula is C38H30N2. The number of benzene rings is 5. The Kier molecular flexibility index (Phi) is 5.22. The minimum Gasteiger partial charge on any atom is -0.310 e. The van der Waals surface area contributed by atoms with Crippen molar-refractivity contribution < 1.29 is 0 Å². The Hall–Kier alpha value is -4.61. The molecule has 0 saturated heterocycles. The van der Waals surface area contributed by atoms with Crippen molar-refractivity contribution in [2.75, 3.05) is 4.90 Å². The Bertz CT molecular complexity index is 1760. The van der Waals surface area contributed by atoms with Crippen molar-refractivity contribution in [1.82, 2.24) is 0 Å². The highest BCUT2D eigenvalue weighted by molar-refractivity contribution is 5.86. The van der Waals surface area contributed by atoms with Crippen molar-refractivity contribution in [3.05, 3.63) is 138 Å². The van der Waals surface area contributed by atoms with E-state index in [2.05, 4.69) is 120 Å². The van der Waals surface area contributed by atoms with Crippen LogP contribution in [0.5, 0.6) is 0 Å². The number of hydrogen-bond donors (Lipinski definition) is 0. The van der Waals surface area contributed by atoms with Crippen LogP contribution in [0.4, 0.5) is 17.1 Å². The normalized spacial score (nSPS) is 21.7. The Balaban J connectivity index is 1.28. The fraction of sp³-hybridized carbons (Fsp3) is 0.184. The van der Waals surface area contributed by atoms with Gasteiger partial charge in [-0.2, -0.15) is 5.26 Å². The molecule has 40 heavy (non-hydrogen) atoms. The van der Waals surface area contributed by atoms with Crippen molar-refractivity contribution in [1.29, 1.82) is 5.26 Å². The van der Waals surface area contributed by atoms with Crippen molar-refractivity contribution in [2.45, 2.75) is 31.1 Å². The molecule has 0 radical (unpaired) electrons. The third-order valence-corrected chi connectivity index (χ3v) is 9.78. The molecule has 2 nitrogen and oxygen atoms in total. The highest BCUT2D eigenvalue weighted by Crippen LogP contribution is 2.66. The molecule has 3 atom stereocenters. The van der Waals surface area contributed by atoms with E-state index in [9.17, 15) is 5.26 Å². The molecule has 2 heteroatoms. The maximum absolute atomic E-state index is 9.44. The predicted octanol–water partition coefficient (Wildman–Crippen LogP) is 9.78. The van der Waals surface area contributed by atoms with E-state index in [1.54, 1.807) is 5.56 Å². The van der Waals surface area contributed by atoms with E-state index in [4.69, 9.17) is 0 Å². The molecule has 2 bridgehead atoms. The lowest BCUT2D eigenvalue weighted by atomic mass is 9.67. The van der Waals surface area contributed by atoms with Gasteiger partial charge in [-0.25, -0.2) is 0 Å². The zero-order chi connectivity index (χ0) is 26.7. The first-order valence-electron chi connectivity index (χ1n) is 14.4. The summed E-state index contributed by atoms with van der Waals surface area (Å²) in [6.07, 6.45) is 5.35. The first-order valence-corrected chi connectivity index (χ1v) is 14.4. The summed E-state index contributed by atoms with van der Waals surface area (Å²) in [4.78, 5) is 2.35. The van der Waals surface area contributed by atoms with Gasteiger partial charge in [0.05, 0.1) is 11.6 Å². The Morgan fingerprint density at radius 1 is 0.625 bits per heavy atom. The van der Waals surface area contributed by atoms with Gasteiger partial charge >= 0.3 is 0 Å². The van der Waals surface area contributed by atoms with Crippen LogP contribution in [0.1, 0.15) is 42.4 Å². The highest BCUT2D eigenvalue weighted by Gasteiger charge is 2.56. The number of fused-ring (bicyclic) bond motifs is 8. The van der Waals surface area contributed by atoms with Crippen LogP contribution in [0, 0.1) is 23.2 Å². The maximum Gasteiger partial charge on any atom is 0.0991 e. The minimum atomic E-state index is 0.137. The van der Waals surface area contributed by atoms with Crippen LogP contribution in [-0.4, -0.2) is 0 Å². The van der Waals surface area contributed by atoms with Crippen LogP contribution < -0.4 is 4.90 Å². The number of nitriles is 1. The van der Waals surface area contributed by atoms with E-state index < -0.39 is 0 Å². The summed E-state index contributed by atoms with van der Waals surface area (Å²) in [5, 5.41) is 9.44. The molecule has 0 heterocycles. The number of nitrogens with zero attached hydrogens (tertiary/aromatic N) is 2. The van der Waals surface area contributed by atoms with E-state index in [1.165, 1.54) is 59.2 Å². The van der Waals surface area contributed by atoms with E-state index in [0.717, 1.165) is 23.2 Å². The molecule has 3 aliphatic rings. The van der Waals surface area contributed by atoms with Gasteiger partial charge in [-0.05, 0) is 113 Å². The Morgan fingerprint density at radius 2 is 1.27 bits per heavy atom. The van der Waals surface area contributed by atoms with E-state index in [1.807, 2.05) is 12.1 Å². The molecule has 192 valence electrons. The van der Waals surface area contributed by atoms with Gasteiger partial charge in [-0.3, -0.25) is 0 Å². The molecule has 0 N–H and O–H groups in total. The summed E-state index contributed by atoms with van der Waals surface area (Å²) in [6.45, 7) is 0. The molecule has 0 aromatic heterocycles. The summed E-state index contributed by atoms with van der Waals surface area (Å²) in [5.41, 5.74) is 12.5. The molecule has 5 aromatic rings. The van der Waals surface area contributed by atoms with Crippen molar-refractivity contribution >= 4 is 17.1 Å². The molecule has 3 unspecified atom stereocenters. The van der Waals surface area contributed by atoms with Crippen LogP contribution in [0.25, 0.3) is 22.3 Å². The lowest BCUT2D eigenvalue weighted by molar-refractivity contribution is 0.327. The largest absolute Gasteiger partial charge is 0.310 e. The topological polar surface area (TPSA) is 27.0 Å². The molecule has 0 aliphatic heterocycles. The lowest BCUT2D eigenvalue weighted by Crippen LogP contribution is -2.32. The molecule has 1 spiro atoms. The van der Waals surface area contributed by atoms with Crippen LogP contribution in [-0.2, 0) is 5.41 Å². The molecule has 2 fully saturated rings. The standard InChI is InChI=1S/C38H30N2/c39-25-26-11-16-31(17-12-26)40(32-18-13-29(14-19-32)28-6-2-1-3-7-28)33-20-21-35-34-8-4-5-9-36(34)38(37(35)23-33)24-27-10-15-30(38)22-27/h1-9,11-14,16-21,23,27,30H,10,15,22,24H2. The molecule has 2 saturated carbocycles. The van der Waals surface area contributed by atoms with Crippen molar-refractivity contribution in [2.24, 2.45) is 11.8 Å².